The molecular formula is C19H27N3O6S. The summed E-state index contributed by atoms with van der Waals surface area (Å²) in [5, 5.41) is 4.85. The molecule has 2 rings (SSSR count). The van der Waals surface area contributed by atoms with Crippen molar-refractivity contribution in [3.8, 4) is 0 Å². The highest BCUT2D eigenvalue weighted by molar-refractivity contribution is 7.89. The van der Waals surface area contributed by atoms with Gasteiger partial charge in [0.1, 0.15) is 0 Å². The molecule has 1 aliphatic heterocycles. The van der Waals surface area contributed by atoms with E-state index in [0.29, 0.717) is 25.6 Å². The van der Waals surface area contributed by atoms with Crippen LogP contribution in [0.2, 0.25) is 0 Å². The molecule has 29 heavy (non-hydrogen) atoms. The van der Waals surface area contributed by atoms with Gasteiger partial charge in [-0.3, -0.25) is 9.59 Å². The Morgan fingerprint density at radius 1 is 1.07 bits per heavy atom. The van der Waals surface area contributed by atoms with Crippen LogP contribution in [0.1, 0.15) is 37.0 Å². The molecule has 0 unspecified atom stereocenters. The van der Waals surface area contributed by atoms with Gasteiger partial charge in [-0.2, -0.15) is 4.31 Å². The van der Waals surface area contributed by atoms with Crippen LogP contribution in [0.5, 0.6) is 0 Å². The summed E-state index contributed by atoms with van der Waals surface area (Å²) in [7, 11) is -3.59. The summed E-state index contributed by atoms with van der Waals surface area (Å²) in [6, 6.07) is 5.43. The number of rotatable bonds is 8. The number of nitrogens with zero attached hydrogens (tertiary/aromatic N) is 1. The largest absolute Gasteiger partial charge is 0.452 e. The molecule has 1 heterocycles. The SMILES string of the molecule is CCNC(=O)CNC(=O)COC(=O)c1ccc(S(=O)(=O)N2CCC(C)CC2)cc1. The number of hydrogen-bond acceptors (Lipinski definition) is 6. The summed E-state index contributed by atoms with van der Waals surface area (Å²) in [6.45, 7) is 4.54. The number of carbonyl (C=O) groups is 3. The van der Waals surface area contributed by atoms with Crippen LogP contribution in [0.4, 0.5) is 0 Å². The van der Waals surface area contributed by atoms with Crippen LogP contribution >= 0.6 is 0 Å². The molecule has 1 aliphatic rings. The quantitative estimate of drug-likeness (QED) is 0.586. The molecule has 0 saturated carbocycles. The fourth-order valence-corrected chi connectivity index (χ4v) is 4.31. The Bertz CT molecular complexity index is 830. The van der Waals surface area contributed by atoms with Gasteiger partial charge in [0.15, 0.2) is 6.61 Å². The van der Waals surface area contributed by atoms with Crippen molar-refractivity contribution in [2.75, 3.05) is 32.8 Å². The van der Waals surface area contributed by atoms with Crippen molar-refractivity contribution in [3.05, 3.63) is 29.8 Å². The first-order valence-corrected chi connectivity index (χ1v) is 11.0. The number of sulfonamides is 1. The van der Waals surface area contributed by atoms with E-state index in [2.05, 4.69) is 17.6 Å². The van der Waals surface area contributed by atoms with Crippen molar-refractivity contribution in [1.29, 1.82) is 0 Å². The minimum absolute atomic E-state index is 0.114. The number of nitrogens with one attached hydrogen (secondary N) is 2. The molecule has 1 aromatic carbocycles. The van der Waals surface area contributed by atoms with E-state index in [1.54, 1.807) is 6.92 Å². The van der Waals surface area contributed by atoms with E-state index < -0.39 is 28.5 Å². The van der Waals surface area contributed by atoms with Crippen LogP contribution in [0.15, 0.2) is 29.2 Å². The topological polar surface area (TPSA) is 122 Å². The Morgan fingerprint density at radius 3 is 2.28 bits per heavy atom. The number of carbonyl (C=O) groups excluding carboxylic acids is 3. The third kappa shape index (κ3) is 6.53. The van der Waals surface area contributed by atoms with Gasteiger partial charge < -0.3 is 15.4 Å². The highest BCUT2D eigenvalue weighted by Gasteiger charge is 2.28. The van der Waals surface area contributed by atoms with Crippen LogP contribution in [-0.2, 0) is 24.3 Å². The number of likely N-dealkylation sites (N-methyl/N-ethyl adjacent to an activating group) is 1. The van der Waals surface area contributed by atoms with Gasteiger partial charge in [0, 0.05) is 19.6 Å². The molecular weight excluding hydrogens is 398 g/mol. The lowest BCUT2D eigenvalue weighted by molar-refractivity contribution is -0.127. The van der Waals surface area contributed by atoms with Crippen molar-refractivity contribution < 1.29 is 27.5 Å². The number of piperidine rings is 1. The summed E-state index contributed by atoms with van der Waals surface area (Å²) in [6.07, 6.45) is 1.65. The van der Waals surface area contributed by atoms with Crippen LogP contribution in [0, 0.1) is 5.92 Å². The van der Waals surface area contributed by atoms with Gasteiger partial charge in [0.25, 0.3) is 5.91 Å². The predicted octanol–water partition coefficient (Wildman–Crippen LogP) is 0.516. The number of hydrogen-bond donors (Lipinski definition) is 2. The first-order valence-electron chi connectivity index (χ1n) is 9.54. The third-order valence-corrected chi connectivity index (χ3v) is 6.54. The molecule has 9 nitrogen and oxygen atoms in total. The lowest BCUT2D eigenvalue weighted by Gasteiger charge is -2.29. The zero-order valence-electron chi connectivity index (χ0n) is 16.6. The number of amides is 2. The summed E-state index contributed by atoms with van der Waals surface area (Å²) >= 11 is 0. The zero-order chi connectivity index (χ0) is 21.4. The molecule has 1 aromatic rings. The summed E-state index contributed by atoms with van der Waals surface area (Å²) in [5.74, 6) is -1.19. The van der Waals surface area contributed by atoms with Crippen molar-refractivity contribution in [1.82, 2.24) is 14.9 Å². The second-order valence-corrected chi connectivity index (χ2v) is 8.86. The molecule has 0 aliphatic carbocycles. The molecule has 1 fully saturated rings. The fraction of sp³-hybridized carbons (Fsp3) is 0.526. The smallest absolute Gasteiger partial charge is 0.338 e. The van der Waals surface area contributed by atoms with E-state index in [-0.39, 0.29) is 22.9 Å². The molecule has 2 N–H and O–H groups in total. The summed E-state index contributed by atoms with van der Waals surface area (Å²) < 4.78 is 31.7. The summed E-state index contributed by atoms with van der Waals surface area (Å²) in [5.41, 5.74) is 0.132. The van der Waals surface area contributed by atoms with E-state index in [0.717, 1.165) is 12.8 Å². The maximum atomic E-state index is 12.7. The van der Waals surface area contributed by atoms with Crippen molar-refractivity contribution in [2.24, 2.45) is 5.92 Å². The Labute approximate surface area is 170 Å². The van der Waals surface area contributed by atoms with Gasteiger partial charge in [-0.15, -0.1) is 0 Å². The highest BCUT2D eigenvalue weighted by atomic mass is 32.2. The number of ether oxygens (including phenoxy) is 1. The van der Waals surface area contributed by atoms with Gasteiger partial charge in [-0.05, 0) is 49.9 Å². The Morgan fingerprint density at radius 2 is 1.69 bits per heavy atom. The molecule has 160 valence electrons. The number of esters is 1. The minimum Gasteiger partial charge on any atom is -0.452 e. The third-order valence-electron chi connectivity index (χ3n) is 4.62. The van der Waals surface area contributed by atoms with Gasteiger partial charge in [-0.1, -0.05) is 6.92 Å². The standard InChI is InChI=1S/C19H27N3O6S/c1-3-20-17(23)12-21-18(24)13-28-19(25)15-4-6-16(7-5-15)29(26,27)22-10-8-14(2)9-11-22/h4-7,14H,3,8-13H2,1-2H3,(H,20,23)(H,21,24). The molecule has 1 saturated heterocycles. The summed E-state index contributed by atoms with van der Waals surface area (Å²) in [4.78, 5) is 35.0. The number of benzene rings is 1. The zero-order valence-corrected chi connectivity index (χ0v) is 17.5. The van der Waals surface area contributed by atoms with E-state index >= 15 is 0 Å². The van der Waals surface area contributed by atoms with Crippen LogP contribution in [-0.4, -0.2) is 63.3 Å². The molecule has 0 atom stereocenters. The lowest BCUT2D eigenvalue weighted by Crippen LogP contribution is -2.38. The molecule has 0 bridgehead atoms. The average Bonchev–Trinajstić information content (AvgIpc) is 2.71. The second kappa shape index (κ2) is 10.4. The lowest BCUT2D eigenvalue weighted by atomic mass is 10.0. The van der Waals surface area contributed by atoms with E-state index in [9.17, 15) is 22.8 Å². The monoisotopic (exact) mass is 425 g/mol. The van der Waals surface area contributed by atoms with Crippen molar-refractivity contribution in [2.45, 2.75) is 31.6 Å². The second-order valence-electron chi connectivity index (χ2n) is 6.92. The first kappa shape index (κ1) is 22.8. The Kier molecular flexibility index (Phi) is 8.15. The molecule has 0 spiro atoms. The normalized spacial score (nSPS) is 15.5. The van der Waals surface area contributed by atoms with Gasteiger partial charge in [-0.25, -0.2) is 13.2 Å². The average molecular weight is 426 g/mol. The van der Waals surface area contributed by atoms with E-state index in [1.807, 2.05) is 0 Å². The fourth-order valence-electron chi connectivity index (χ4n) is 2.84. The maximum absolute atomic E-state index is 12.7. The van der Waals surface area contributed by atoms with Crippen LogP contribution < -0.4 is 10.6 Å². The van der Waals surface area contributed by atoms with Gasteiger partial charge >= 0.3 is 5.97 Å². The van der Waals surface area contributed by atoms with E-state index in [1.165, 1.54) is 28.6 Å². The molecule has 0 radical (unpaired) electrons. The van der Waals surface area contributed by atoms with Crippen LogP contribution in [0.25, 0.3) is 0 Å². The maximum Gasteiger partial charge on any atom is 0.338 e. The molecule has 10 heteroatoms. The Hall–Kier alpha value is -2.46. The molecule has 0 aromatic heterocycles. The van der Waals surface area contributed by atoms with Crippen LogP contribution in [0.3, 0.4) is 0 Å². The molecule has 2 amide bonds. The van der Waals surface area contributed by atoms with Crippen molar-refractivity contribution in [3.63, 3.8) is 0 Å². The minimum atomic E-state index is -3.59. The predicted molar refractivity (Wildman–Crippen MR) is 106 cm³/mol. The van der Waals surface area contributed by atoms with Gasteiger partial charge in [0.2, 0.25) is 15.9 Å². The highest BCUT2D eigenvalue weighted by Crippen LogP contribution is 2.23. The van der Waals surface area contributed by atoms with Gasteiger partial charge in [0.05, 0.1) is 17.0 Å². The van der Waals surface area contributed by atoms with Crippen molar-refractivity contribution >= 4 is 27.8 Å². The van der Waals surface area contributed by atoms with E-state index in [4.69, 9.17) is 4.74 Å². The first-order chi connectivity index (χ1) is 13.7. The Balaban J connectivity index is 1.88.